The molecule has 0 amide bonds. The van der Waals surface area contributed by atoms with Crippen LogP contribution in [0.2, 0.25) is 0 Å². The van der Waals surface area contributed by atoms with Gasteiger partial charge in [-0.3, -0.25) is 0 Å². The van der Waals surface area contributed by atoms with Gasteiger partial charge in [-0.05, 0) is 44.2 Å². The third-order valence-corrected chi connectivity index (χ3v) is 5.09. The number of rotatable bonds is 4. The highest BCUT2D eigenvalue weighted by molar-refractivity contribution is 7.98. The molecule has 3 nitrogen and oxygen atoms in total. The second-order valence-corrected chi connectivity index (χ2v) is 6.44. The molecule has 0 aliphatic heterocycles. The number of nitrogens with zero attached hydrogens (tertiary/aromatic N) is 2. The Hall–Kier alpha value is -1.55. The van der Waals surface area contributed by atoms with Crippen molar-refractivity contribution in [1.82, 2.24) is 9.97 Å². The highest BCUT2D eigenvalue weighted by Crippen LogP contribution is 2.28. The fourth-order valence-electron chi connectivity index (χ4n) is 2.78. The lowest BCUT2D eigenvalue weighted by atomic mass is 9.96. The van der Waals surface area contributed by atoms with Gasteiger partial charge >= 0.3 is 0 Å². The molecule has 1 N–H and O–H groups in total. The Kier molecular flexibility index (Phi) is 4.44. The Bertz CT molecular complexity index is 623. The topological polar surface area (TPSA) is 37.8 Å². The van der Waals surface area contributed by atoms with Crippen LogP contribution in [0.5, 0.6) is 0 Å². The van der Waals surface area contributed by atoms with Crippen LogP contribution in [0.4, 0.5) is 5.82 Å². The predicted molar refractivity (Wildman–Crippen MR) is 89.0 cm³/mol. The minimum Gasteiger partial charge on any atom is -0.373 e. The SMILES string of the molecule is CNc1nc(CSc2ccccc2C)nc2c1CCCC2. The van der Waals surface area contributed by atoms with Gasteiger partial charge in [-0.25, -0.2) is 9.97 Å². The average molecular weight is 299 g/mol. The van der Waals surface area contributed by atoms with E-state index in [0.29, 0.717) is 0 Å². The Morgan fingerprint density at radius 2 is 1.95 bits per heavy atom. The number of hydrogen-bond acceptors (Lipinski definition) is 4. The Morgan fingerprint density at radius 1 is 1.14 bits per heavy atom. The Morgan fingerprint density at radius 3 is 2.76 bits per heavy atom. The molecule has 21 heavy (non-hydrogen) atoms. The number of aromatic nitrogens is 2. The van der Waals surface area contributed by atoms with Crippen LogP contribution >= 0.6 is 11.8 Å². The summed E-state index contributed by atoms with van der Waals surface area (Å²) in [6.45, 7) is 2.15. The van der Waals surface area contributed by atoms with Crippen LogP contribution in [0.3, 0.4) is 0 Å². The van der Waals surface area contributed by atoms with Gasteiger partial charge in [-0.1, -0.05) is 18.2 Å². The van der Waals surface area contributed by atoms with Gasteiger partial charge in [0, 0.05) is 23.2 Å². The predicted octanol–water partition coefficient (Wildman–Crippen LogP) is 4.00. The van der Waals surface area contributed by atoms with Crippen molar-refractivity contribution < 1.29 is 0 Å². The fraction of sp³-hybridized carbons (Fsp3) is 0.412. The monoisotopic (exact) mass is 299 g/mol. The second-order valence-electron chi connectivity index (χ2n) is 5.42. The number of anilines is 1. The molecule has 0 atom stereocenters. The molecule has 0 unspecified atom stereocenters. The van der Waals surface area contributed by atoms with Crippen molar-refractivity contribution in [2.75, 3.05) is 12.4 Å². The normalized spacial score (nSPS) is 13.8. The molecule has 0 bridgehead atoms. The molecular formula is C17H21N3S. The summed E-state index contributed by atoms with van der Waals surface area (Å²) in [5.74, 6) is 2.79. The molecule has 0 radical (unpaired) electrons. The smallest absolute Gasteiger partial charge is 0.141 e. The molecule has 0 saturated heterocycles. The van der Waals surface area contributed by atoms with Crippen molar-refractivity contribution in [1.29, 1.82) is 0 Å². The van der Waals surface area contributed by atoms with Crippen molar-refractivity contribution in [3.8, 4) is 0 Å². The molecule has 1 aromatic heterocycles. The van der Waals surface area contributed by atoms with Crippen molar-refractivity contribution in [2.24, 2.45) is 0 Å². The number of nitrogens with one attached hydrogen (secondary N) is 1. The third-order valence-electron chi connectivity index (χ3n) is 3.92. The average Bonchev–Trinajstić information content (AvgIpc) is 2.53. The maximum absolute atomic E-state index is 4.79. The maximum atomic E-state index is 4.79. The zero-order valence-corrected chi connectivity index (χ0v) is 13.5. The van der Waals surface area contributed by atoms with Gasteiger partial charge < -0.3 is 5.32 Å². The summed E-state index contributed by atoms with van der Waals surface area (Å²) in [7, 11) is 1.95. The number of aryl methyl sites for hydroxylation is 2. The molecule has 1 heterocycles. The van der Waals surface area contributed by atoms with E-state index in [-0.39, 0.29) is 0 Å². The minimum absolute atomic E-state index is 0.826. The second kappa shape index (κ2) is 6.48. The van der Waals surface area contributed by atoms with Crippen molar-refractivity contribution in [3.05, 3.63) is 46.9 Å². The lowest BCUT2D eigenvalue weighted by Gasteiger charge is -2.18. The van der Waals surface area contributed by atoms with Crippen LogP contribution in [-0.4, -0.2) is 17.0 Å². The van der Waals surface area contributed by atoms with E-state index in [2.05, 4.69) is 36.5 Å². The molecule has 0 spiro atoms. The molecule has 0 fully saturated rings. The van der Waals surface area contributed by atoms with E-state index in [1.54, 1.807) is 0 Å². The molecule has 1 aliphatic rings. The first-order valence-corrected chi connectivity index (χ1v) is 8.51. The van der Waals surface area contributed by atoms with E-state index in [9.17, 15) is 0 Å². The van der Waals surface area contributed by atoms with Gasteiger partial charge in [0.15, 0.2) is 0 Å². The van der Waals surface area contributed by atoms with E-state index in [1.165, 1.54) is 34.6 Å². The van der Waals surface area contributed by atoms with Gasteiger partial charge in [0.1, 0.15) is 11.6 Å². The fourth-order valence-corrected chi connectivity index (χ4v) is 3.66. The van der Waals surface area contributed by atoms with E-state index < -0.39 is 0 Å². The summed E-state index contributed by atoms with van der Waals surface area (Å²) in [6.07, 6.45) is 4.70. The van der Waals surface area contributed by atoms with Crippen LogP contribution in [0.1, 0.15) is 35.5 Å². The Balaban J connectivity index is 1.81. The summed E-state index contributed by atoms with van der Waals surface area (Å²) < 4.78 is 0. The number of hydrogen-bond donors (Lipinski definition) is 1. The van der Waals surface area contributed by atoms with Crippen LogP contribution in [0, 0.1) is 6.92 Å². The summed E-state index contributed by atoms with van der Waals surface area (Å²) in [6, 6.07) is 8.47. The Labute approximate surface area is 130 Å². The minimum atomic E-state index is 0.826. The number of thioether (sulfide) groups is 1. The lowest BCUT2D eigenvalue weighted by molar-refractivity contribution is 0.659. The first kappa shape index (κ1) is 14.4. The maximum Gasteiger partial charge on any atom is 0.141 e. The van der Waals surface area contributed by atoms with Crippen LogP contribution in [-0.2, 0) is 18.6 Å². The molecule has 110 valence electrons. The first-order valence-electron chi connectivity index (χ1n) is 7.53. The molecule has 3 rings (SSSR count). The van der Waals surface area contributed by atoms with Crippen molar-refractivity contribution in [2.45, 2.75) is 43.3 Å². The van der Waals surface area contributed by atoms with Crippen LogP contribution < -0.4 is 5.32 Å². The van der Waals surface area contributed by atoms with Gasteiger partial charge in [0.2, 0.25) is 0 Å². The van der Waals surface area contributed by atoms with E-state index in [1.807, 2.05) is 18.8 Å². The van der Waals surface area contributed by atoms with E-state index >= 15 is 0 Å². The molecule has 0 saturated carbocycles. The lowest BCUT2D eigenvalue weighted by Crippen LogP contribution is -2.13. The summed E-state index contributed by atoms with van der Waals surface area (Å²) in [4.78, 5) is 10.8. The quantitative estimate of drug-likeness (QED) is 0.866. The highest BCUT2D eigenvalue weighted by Gasteiger charge is 2.17. The third kappa shape index (κ3) is 3.21. The summed E-state index contributed by atoms with van der Waals surface area (Å²) in [5.41, 5.74) is 3.89. The number of fused-ring (bicyclic) bond motifs is 1. The van der Waals surface area contributed by atoms with Gasteiger partial charge in [-0.15, -0.1) is 11.8 Å². The van der Waals surface area contributed by atoms with Crippen LogP contribution in [0.15, 0.2) is 29.2 Å². The molecule has 1 aliphatic carbocycles. The van der Waals surface area contributed by atoms with Gasteiger partial charge in [0.25, 0.3) is 0 Å². The summed E-state index contributed by atoms with van der Waals surface area (Å²) in [5, 5.41) is 3.24. The molecular weight excluding hydrogens is 278 g/mol. The first-order chi connectivity index (χ1) is 10.3. The van der Waals surface area contributed by atoms with Gasteiger partial charge in [-0.2, -0.15) is 0 Å². The van der Waals surface area contributed by atoms with Gasteiger partial charge in [0.05, 0.1) is 5.75 Å². The van der Waals surface area contributed by atoms with Crippen molar-refractivity contribution >= 4 is 17.6 Å². The largest absolute Gasteiger partial charge is 0.373 e. The standard InChI is InChI=1S/C17H21N3S/c1-12-7-3-6-10-15(12)21-11-16-19-14-9-5-4-8-13(14)17(18-2)20-16/h3,6-7,10H,4-5,8-9,11H2,1-2H3,(H,18,19,20). The van der Waals surface area contributed by atoms with E-state index in [4.69, 9.17) is 9.97 Å². The van der Waals surface area contributed by atoms with E-state index in [0.717, 1.165) is 30.2 Å². The molecule has 4 heteroatoms. The van der Waals surface area contributed by atoms with Crippen LogP contribution in [0.25, 0.3) is 0 Å². The zero-order chi connectivity index (χ0) is 14.7. The molecule has 1 aromatic carbocycles. The van der Waals surface area contributed by atoms with Crippen molar-refractivity contribution in [3.63, 3.8) is 0 Å². The number of benzene rings is 1. The zero-order valence-electron chi connectivity index (χ0n) is 12.6. The molecule has 2 aromatic rings. The highest BCUT2D eigenvalue weighted by atomic mass is 32.2. The summed E-state index contributed by atoms with van der Waals surface area (Å²) >= 11 is 1.82.